The van der Waals surface area contributed by atoms with Gasteiger partial charge in [-0.3, -0.25) is 4.21 Å². The maximum absolute atomic E-state index is 12.4. The fourth-order valence-electron chi connectivity index (χ4n) is 2.07. The molecule has 1 N–H and O–H groups in total. The maximum Gasteiger partial charge on any atom is 0.0501 e. The molecule has 0 radical (unpaired) electrons. The van der Waals surface area contributed by atoms with Crippen molar-refractivity contribution in [3.8, 4) is 0 Å². The summed E-state index contributed by atoms with van der Waals surface area (Å²) in [6.45, 7) is 11.7. The molecule has 0 aliphatic carbocycles. The summed E-state index contributed by atoms with van der Waals surface area (Å²) in [5, 5.41) is 4.14. The molecule has 0 saturated carbocycles. The van der Waals surface area contributed by atoms with Crippen molar-refractivity contribution in [1.29, 1.82) is 0 Å². The summed E-state index contributed by atoms with van der Waals surface area (Å²) in [5.74, 6) is 0. The van der Waals surface area contributed by atoms with Crippen molar-refractivity contribution in [2.24, 2.45) is 0 Å². The molecule has 0 amide bonds. The van der Waals surface area contributed by atoms with Gasteiger partial charge in [0.05, 0.1) is 5.25 Å². The van der Waals surface area contributed by atoms with Gasteiger partial charge in [0.15, 0.2) is 0 Å². The normalized spacial score (nSPS) is 19.1. The highest BCUT2D eigenvalue weighted by atomic mass is 32.2. The SMILES string of the molecule is CCCC(NCC)C(CC)S(=O)C(C)CC. The van der Waals surface area contributed by atoms with Gasteiger partial charge in [-0.15, -0.1) is 0 Å². The van der Waals surface area contributed by atoms with Gasteiger partial charge in [-0.2, -0.15) is 0 Å². The molecule has 4 atom stereocenters. The molecule has 3 heteroatoms. The van der Waals surface area contributed by atoms with Gasteiger partial charge in [-0.25, -0.2) is 0 Å². The van der Waals surface area contributed by atoms with Crippen LogP contribution in [0.2, 0.25) is 0 Å². The molecule has 0 aliphatic heterocycles. The van der Waals surface area contributed by atoms with Gasteiger partial charge < -0.3 is 5.32 Å². The minimum absolute atomic E-state index is 0.315. The van der Waals surface area contributed by atoms with Crippen LogP contribution in [-0.2, 0) is 10.8 Å². The highest BCUT2D eigenvalue weighted by Gasteiger charge is 2.26. The summed E-state index contributed by atoms with van der Waals surface area (Å²) < 4.78 is 12.4. The number of hydrogen-bond donors (Lipinski definition) is 1. The molecule has 0 spiro atoms. The van der Waals surface area contributed by atoms with E-state index in [1.54, 1.807) is 0 Å². The highest BCUT2D eigenvalue weighted by molar-refractivity contribution is 7.86. The van der Waals surface area contributed by atoms with E-state index in [0.717, 1.165) is 32.2 Å². The first-order valence-corrected chi connectivity index (χ1v) is 8.02. The van der Waals surface area contributed by atoms with Crippen LogP contribution < -0.4 is 5.32 Å². The summed E-state index contributed by atoms with van der Waals surface area (Å²) in [6, 6.07) is 0.426. The predicted molar refractivity (Wildman–Crippen MR) is 74.3 cm³/mol. The van der Waals surface area contributed by atoms with Crippen LogP contribution in [0.25, 0.3) is 0 Å². The molecular formula is C13H29NOS. The zero-order chi connectivity index (χ0) is 12.6. The Morgan fingerprint density at radius 1 is 1.12 bits per heavy atom. The van der Waals surface area contributed by atoms with E-state index in [4.69, 9.17) is 0 Å². The van der Waals surface area contributed by atoms with Crippen molar-refractivity contribution >= 4 is 10.8 Å². The van der Waals surface area contributed by atoms with Gasteiger partial charge in [0.2, 0.25) is 0 Å². The summed E-state index contributed by atoms with van der Waals surface area (Å²) in [4.78, 5) is 0. The number of hydrogen-bond acceptors (Lipinski definition) is 2. The first kappa shape index (κ1) is 16.1. The molecule has 0 aromatic carbocycles. The lowest BCUT2D eigenvalue weighted by Gasteiger charge is -2.28. The molecule has 0 aromatic heterocycles. The van der Waals surface area contributed by atoms with Crippen molar-refractivity contribution in [3.63, 3.8) is 0 Å². The van der Waals surface area contributed by atoms with E-state index < -0.39 is 10.8 Å². The second-order valence-electron chi connectivity index (χ2n) is 4.45. The van der Waals surface area contributed by atoms with Crippen LogP contribution in [-0.4, -0.2) is 27.3 Å². The second kappa shape index (κ2) is 9.17. The molecular weight excluding hydrogens is 218 g/mol. The van der Waals surface area contributed by atoms with E-state index in [1.807, 2.05) is 0 Å². The molecule has 0 rings (SSSR count). The molecule has 2 nitrogen and oxygen atoms in total. The van der Waals surface area contributed by atoms with Gasteiger partial charge in [0, 0.05) is 22.1 Å². The van der Waals surface area contributed by atoms with Crippen molar-refractivity contribution in [2.45, 2.75) is 76.8 Å². The van der Waals surface area contributed by atoms with Crippen LogP contribution >= 0.6 is 0 Å². The van der Waals surface area contributed by atoms with E-state index in [1.165, 1.54) is 0 Å². The van der Waals surface area contributed by atoms with Crippen LogP contribution in [0.5, 0.6) is 0 Å². The van der Waals surface area contributed by atoms with Crippen molar-refractivity contribution in [2.75, 3.05) is 6.54 Å². The summed E-state index contributed by atoms with van der Waals surface area (Å²) in [7, 11) is -0.698. The Hall–Kier alpha value is 0.110. The zero-order valence-electron chi connectivity index (χ0n) is 11.6. The first-order chi connectivity index (χ1) is 7.62. The quantitative estimate of drug-likeness (QED) is 0.678. The molecule has 4 unspecified atom stereocenters. The average molecular weight is 247 g/mol. The third kappa shape index (κ3) is 4.96. The van der Waals surface area contributed by atoms with Crippen LogP contribution in [0.1, 0.15) is 60.3 Å². The molecule has 0 aromatic rings. The average Bonchev–Trinajstić information content (AvgIpc) is 2.29. The Labute approximate surface area is 104 Å². The number of rotatable bonds is 9. The fraction of sp³-hybridized carbons (Fsp3) is 1.00. The number of nitrogens with one attached hydrogen (secondary N) is 1. The van der Waals surface area contributed by atoms with Gasteiger partial charge in [0.25, 0.3) is 0 Å². The lowest BCUT2D eigenvalue weighted by molar-refractivity contribution is 0.456. The predicted octanol–water partition coefficient (Wildman–Crippen LogP) is 3.09. The summed E-state index contributed by atoms with van der Waals surface area (Å²) in [5.41, 5.74) is 0. The summed E-state index contributed by atoms with van der Waals surface area (Å²) in [6.07, 6.45) is 4.31. The Morgan fingerprint density at radius 3 is 2.12 bits per heavy atom. The van der Waals surface area contributed by atoms with Crippen molar-refractivity contribution < 1.29 is 4.21 Å². The molecule has 0 saturated heterocycles. The second-order valence-corrected chi connectivity index (χ2v) is 6.51. The molecule has 0 bridgehead atoms. The standard InChI is InChI=1S/C13H29NOS/c1-6-10-12(14-9-4)13(8-3)16(15)11(5)7-2/h11-14H,6-10H2,1-5H3. The van der Waals surface area contributed by atoms with Crippen LogP contribution in [0, 0.1) is 0 Å². The minimum atomic E-state index is -0.698. The minimum Gasteiger partial charge on any atom is -0.313 e. The van der Waals surface area contributed by atoms with Gasteiger partial charge in [-0.05, 0) is 25.8 Å². The van der Waals surface area contributed by atoms with Gasteiger partial charge in [0.1, 0.15) is 0 Å². The highest BCUT2D eigenvalue weighted by Crippen LogP contribution is 2.17. The maximum atomic E-state index is 12.4. The molecule has 0 fully saturated rings. The zero-order valence-corrected chi connectivity index (χ0v) is 12.4. The van der Waals surface area contributed by atoms with Crippen molar-refractivity contribution in [1.82, 2.24) is 5.32 Å². The van der Waals surface area contributed by atoms with Crippen LogP contribution in [0.4, 0.5) is 0 Å². The van der Waals surface area contributed by atoms with E-state index in [-0.39, 0.29) is 0 Å². The molecule has 0 heterocycles. The van der Waals surface area contributed by atoms with Gasteiger partial charge >= 0.3 is 0 Å². The van der Waals surface area contributed by atoms with Crippen molar-refractivity contribution in [3.05, 3.63) is 0 Å². The lowest BCUT2D eigenvalue weighted by Crippen LogP contribution is -2.43. The molecule has 16 heavy (non-hydrogen) atoms. The summed E-state index contributed by atoms with van der Waals surface area (Å²) >= 11 is 0. The smallest absolute Gasteiger partial charge is 0.0501 e. The Bertz CT molecular complexity index is 190. The Kier molecular flexibility index (Phi) is 9.24. The van der Waals surface area contributed by atoms with E-state index in [9.17, 15) is 4.21 Å². The largest absolute Gasteiger partial charge is 0.313 e. The van der Waals surface area contributed by atoms with Gasteiger partial charge in [-0.1, -0.05) is 41.0 Å². The molecule has 98 valence electrons. The van der Waals surface area contributed by atoms with Crippen LogP contribution in [0.3, 0.4) is 0 Å². The Morgan fingerprint density at radius 2 is 1.75 bits per heavy atom. The topological polar surface area (TPSA) is 29.1 Å². The van der Waals surface area contributed by atoms with Crippen LogP contribution in [0.15, 0.2) is 0 Å². The van der Waals surface area contributed by atoms with E-state index in [0.29, 0.717) is 16.5 Å². The monoisotopic (exact) mass is 247 g/mol. The molecule has 0 aliphatic rings. The Balaban J connectivity index is 4.57. The first-order valence-electron chi connectivity index (χ1n) is 6.74. The van der Waals surface area contributed by atoms with E-state index >= 15 is 0 Å². The third-order valence-electron chi connectivity index (χ3n) is 3.19. The lowest BCUT2D eigenvalue weighted by atomic mass is 10.1. The van der Waals surface area contributed by atoms with E-state index in [2.05, 4.69) is 39.9 Å². The third-order valence-corrected chi connectivity index (χ3v) is 5.57. The fourth-order valence-corrected chi connectivity index (χ4v) is 3.88.